The van der Waals surface area contributed by atoms with Crippen LogP contribution >= 0.6 is 11.8 Å². The zero-order valence-electron chi connectivity index (χ0n) is 11.9. The maximum atomic E-state index is 10.7. The quantitative estimate of drug-likeness (QED) is 0.791. The van der Waals surface area contributed by atoms with Crippen molar-refractivity contribution in [3.05, 3.63) is 24.3 Å². The molecule has 0 spiro atoms. The number of thioether (sulfide) groups is 1. The maximum absolute atomic E-state index is 10.7. The Morgan fingerprint density at radius 3 is 2.85 bits per heavy atom. The largest absolute Gasteiger partial charge is 0.481 e. The highest BCUT2D eigenvalue weighted by Gasteiger charge is 2.12. The molecule has 0 saturated heterocycles. The monoisotopic (exact) mass is 292 g/mol. The summed E-state index contributed by atoms with van der Waals surface area (Å²) in [6.45, 7) is 5.32. The zero-order chi connectivity index (χ0) is 14.5. The number of carboxylic acid groups (broad SMARTS) is 1. The first-order valence-corrected chi connectivity index (χ1v) is 7.86. The molecule has 0 radical (unpaired) electrons. The summed E-state index contributed by atoms with van der Waals surface area (Å²) in [6.07, 6.45) is 2.24. The molecule has 2 rings (SSSR count). The van der Waals surface area contributed by atoms with Gasteiger partial charge in [-0.25, -0.2) is 4.98 Å². The van der Waals surface area contributed by atoms with E-state index >= 15 is 0 Å². The Labute approximate surface area is 123 Å². The van der Waals surface area contributed by atoms with Gasteiger partial charge >= 0.3 is 5.97 Å². The highest BCUT2D eigenvalue weighted by atomic mass is 32.2. The van der Waals surface area contributed by atoms with Crippen molar-refractivity contribution in [3.63, 3.8) is 0 Å². The molecule has 108 valence electrons. The summed E-state index contributed by atoms with van der Waals surface area (Å²) < 4.78 is 2.14. The molecule has 1 heterocycles. The van der Waals surface area contributed by atoms with E-state index < -0.39 is 5.97 Å². The molecule has 0 saturated carbocycles. The van der Waals surface area contributed by atoms with Crippen molar-refractivity contribution in [3.8, 4) is 0 Å². The second-order valence-corrected chi connectivity index (χ2v) is 6.20. The van der Waals surface area contributed by atoms with Gasteiger partial charge in [-0.15, -0.1) is 0 Å². The van der Waals surface area contributed by atoms with Gasteiger partial charge in [0, 0.05) is 6.54 Å². The van der Waals surface area contributed by atoms with E-state index in [9.17, 15) is 4.79 Å². The molecule has 0 aliphatic heterocycles. The molecule has 1 N–H and O–H groups in total. The van der Waals surface area contributed by atoms with Crippen LogP contribution in [-0.2, 0) is 11.3 Å². The number of carboxylic acids is 1. The van der Waals surface area contributed by atoms with Crippen LogP contribution in [0, 0.1) is 5.92 Å². The Bertz CT molecular complexity index is 593. The van der Waals surface area contributed by atoms with Crippen LogP contribution in [0.5, 0.6) is 0 Å². The summed E-state index contributed by atoms with van der Waals surface area (Å²) in [7, 11) is 0. The lowest BCUT2D eigenvalue weighted by Gasteiger charge is -2.09. The average molecular weight is 292 g/mol. The number of benzene rings is 1. The van der Waals surface area contributed by atoms with E-state index in [4.69, 9.17) is 5.11 Å². The molecule has 0 atom stereocenters. The van der Waals surface area contributed by atoms with Crippen LogP contribution in [0.4, 0.5) is 0 Å². The fourth-order valence-electron chi connectivity index (χ4n) is 2.16. The number of rotatable bonds is 7. The van der Waals surface area contributed by atoms with Gasteiger partial charge in [0.2, 0.25) is 0 Å². The Balaban J connectivity index is 2.22. The van der Waals surface area contributed by atoms with Gasteiger partial charge in [-0.2, -0.15) is 0 Å². The normalized spacial score (nSPS) is 11.3. The summed E-state index contributed by atoms with van der Waals surface area (Å²) in [6, 6.07) is 7.97. The number of imidazole rings is 1. The van der Waals surface area contributed by atoms with Crippen LogP contribution in [-0.4, -0.2) is 26.4 Å². The van der Waals surface area contributed by atoms with Crippen molar-refractivity contribution >= 4 is 28.8 Å². The first-order valence-electron chi connectivity index (χ1n) is 6.88. The molecule has 20 heavy (non-hydrogen) atoms. The van der Waals surface area contributed by atoms with Gasteiger partial charge in [-0.3, -0.25) is 4.79 Å². The highest BCUT2D eigenvalue weighted by Crippen LogP contribution is 2.24. The minimum atomic E-state index is -0.809. The van der Waals surface area contributed by atoms with Crippen LogP contribution in [0.25, 0.3) is 11.0 Å². The van der Waals surface area contributed by atoms with E-state index in [2.05, 4.69) is 23.4 Å². The van der Waals surface area contributed by atoms with Gasteiger partial charge in [0.05, 0.1) is 16.8 Å². The standard InChI is InChI=1S/C15H20N2O2S/c1-11(2)6-5-9-17-13-8-4-3-7-12(13)16-15(17)20-10-14(18)19/h3-4,7-8,11H,5-6,9-10H2,1-2H3,(H,18,19). The highest BCUT2D eigenvalue weighted by molar-refractivity contribution is 7.99. The number of nitrogens with zero attached hydrogens (tertiary/aromatic N) is 2. The van der Waals surface area contributed by atoms with Crippen LogP contribution in [0.2, 0.25) is 0 Å². The predicted molar refractivity (Wildman–Crippen MR) is 82.2 cm³/mol. The summed E-state index contributed by atoms with van der Waals surface area (Å²) >= 11 is 1.29. The molecule has 0 aliphatic rings. The number of para-hydroxylation sites is 2. The molecule has 1 aromatic carbocycles. The molecule has 2 aromatic rings. The third-order valence-electron chi connectivity index (χ3n) is 3.11. The minimum Gasteiger partial charge on any atom is -0.481 e. The van der Waals surface area contributed by atoms with Crippen molar-refractivity contribution in [2.75, 3.05) is 5.75 Å². The third-order valence-corrected chi connectivity index (χ3v) is 4.07. The van der Waals surface area contributed by atoms with Crippen LogP contribution in [0.1, 0.15) is 26.7 Å². The van der Waals surface area contributed by atoms with E-state index in [0.29, 0.717) is 5.92 Å². The summed E-state index contributed by atoms with van der Waals surface area (Å²) in [4.78, 5) is 15.3. The van der Waals surface area contributed by atoms with Gasteiger partial charge in [0.15, 0.2) is 5.16 Å². The summed E-state index contributed by atoms with van der Waals surface area (Å²) in [5.41, 5.74) is 2.02. The minimum absolute atomic E-state index is 0.0491. The molecular weight excluding hydrogens is 272 g/mol. The van der Waals surface area contributed by atoms with Gasteiger partial charge in [-0.1, -0.05) is 37.7 Å². The van der Waals surface area contributed by atoms with Gasteiger partial charge in [0.1, 0.15) is 0 Å². The van der Waals surface area contributed by atoms with Crippen LogP contribution in [0.3, 0.4) is 0 Å². The number of hydrogen-bond acceptors (Lipinski definition) is 3. The van der Waals surface area contributed by atoms with Crippen LogP contribution < -0.4 is 0 Å². The van der Waals surface area contributed by atoms with Gasteiger partial charge < -0.3 is 9.67 Å². The van der Waals surface area contributed by atoms with Crippen molar-refractivity contribution in [1.29, 1.82) is 0 Å². The second kappa shape index (κ2) is 6.79. The second-order valence-electron chi connectivity index (χ2n) is 5.25. The number of hydrogen-bond donors (Lipinski definition) is 1. The lowest BCUT2D eigenvalue weighted by molar-refractivity contribution is -0.133. The van der Waals surface area contributed by atoms with Crippen molar-refractivity contribution < 1.29 is 9.90 Å². The average Bonchev–Trinajstić information content (AvgIpc) is 2.74. The van der Waals surface area contributed by atoms with E-state index in [1.807, 2.05) is 24.3 Å². The van der Waals surface area contributed by atoms with Crippen LogP contribution in [0.15, 0.2) is 29.4 Å². The predicted octanol–water partition coefficient (Wildman–Crippen LogP) is 3.65. The Kier molecular flexibility index (Phi) is 5.06. The molecule has 0 amide bonds. The van der Waals surface area contributed by atoms with Crippen molar-refractivity contribution in [2.24, 2.45) is 5.92 Å². The first kappa shape index (κ1) is 14.9. The molecule has 1 aromatic heterocycles. The van der Waals surface area contributed by atoms with E-state index in [-0.39, 0.29) is 5.75 Å². The topological polar surface area (TPSA) is 55.1 Å². The molecule has 0 fully saturated rings. The Hall–Kier alpha value is -1.49. The number of fused-ring (bicyclic) bond motifs is 1. The fraction of sp³-hybridized carbons (Fsp3) is 0.467. The number of aliphatic carboxylic acids is 1. The number of carbonyl (C=O) groups is 1. The van der Waals surface area contributed by atoms with E-state index in [0.717, 1.165) is 35.6 Å². The number of aryl methyl sites for hydroxylation is 1. The maximum Gasteiger partial charge on any atom is 0.313 e. The van der Waals surface area contributed by atoms with Crippen molar-refractivity contribution in [2.45, 2.75) is 38.4 Å². The Morgan fingerprint density at radius 1 is 1.40 bits per heavy atom. The summed E-state index contributed by atoms with van der Waals surface area (Å²) in [5.74, 6) is -0.0799. The zero-order valence-corrected chi connectivity index (χ0v) is 12.7. The lowest BCUT2D eigenvalue weighted by atomic mass is 10.1. The number of aromatic nitrogens is 2. The molecule has 0 unspecified atom stereocenters. The molecule has 0 bridgehead atoms. The molecule has 0 aliphatic carbocycles. The Morgan fingerprint density at radius 2 is 2.15 bits per heavy atom. The lowest BCUT2D eigenvalue weighted by Crippen LogP contribution is -2.04. The SMILES string of the molecule is CC(C)CCCn1c(SCC(=O)O)nc2ccccc21. The molecular formula is C15H20N2O2S. The fourth-order valence-corrected chi connectivity index (χ4v) is 2.92. The summed E-state index contributed by atoms with van der Waals surface area (Å²) in [5, 5.41) is 9.63. The first-order chi connectivity index (χ1) is 9.58. The van der Waals surface area contributed by atoms with E-state index in [1.165, 1.54) is 11.8 Å². The van der Waals surface area contributed by atoms with Crippen molar-refractivity contribution in [1.82, 2.24) is 9.55 Å². The van der Waals surface area contributed by atoms with E-state index in [1.54, 1.807) is 0 Å². The van der Waals surface area contributed by atoms with Gasteiger partial charge in [-0.05, 0) is 30.9 Å². The third kappa shape index (κ3) is 3.76. The van der Waals surface area contributed by atoms with Gasteiger partial charge in [0.25, 0.3) is 0 Å². The molecule has 5 heteroatoms. The smallest absolute Gasteiger partial charge is 0.313 e. The molecule has 4 nitrogen and oxygen atoms in total.